The zero-order chi connectivity index (χ0) is 13.4. The number of rotatable bonds is 7. The zero-order valence-corrected chi connectivity index (χ0v) is 11.9. The van der Waals surface area contributed by atoms with Crippen molar-refractivity contribution < 1.29 is 13.9 Å². The number of ether oxygens (including phenoxy) is 1. The average molecular weight is 318 g/mol. The monoisotopic (exact) mass is 317 g/mol. The van der Waals surface area contributed by atoms with Gasteiger partial charge in [-0.2, -0.15) is 0 Å². The molecule has 0 spiro atoms. The second kappa shape index (κ2) is 8.21. The largest absolute Gasteiger partial charge is 0.381 e. The standard InChI is InChI=1S/C13H17BrFNO2/c1-10-3-4-11(15)9-12(10)13(17)16-6-2-7-18-8-5-14/h3-4,9H,2,5-8H2,1H3,(H,16,17). The van der Waals surface area contributed by atoms with E-state index in [1.54, 1.807) is 13.0 Å². The van der Waals surface area contributed by atoms with Crippen molar-refractivity contribution in [3.63, 3.8) is 0 Å². The van der Waals surface area contributed by atoms with E-state index in [4.69, 9.17) is 4.74 Å². The van der Waals surface area contributed by atoms with Crippen LogP contribution in [-0.4, -0.2) is 31.0 Å². The van der Waals surface area contributed by atoms with Crippen LogP contribution in [0, 0.1) is 12.7 Å². The average Bonchev–Trinajstić information content (AvgIpc) is 2.36. The van der Waals surface area contributed by atoms with Gasteiger partial charge < -0.3 is 10.1 Å². The lowest BCUT2D eigenvalue weighted by molar-refractivity contribution is 0.0943. The number of aryl methyl sites for hydroxylation is 1. The molecule has 5 heteroatoms. The van der Waals surface area contributed by atoms with E-state index >= 15 is 0 Å². The third-order valence-corrected chi connectivity index (χ3v) is 2.74. The Morgan fingerprint density at radius 1 is 1.44 bits per heavy atom. The summed E-state index contributed by atoms with van der Waals surface area (Å²) in [6.07, 6.45) is 0.743. The molecular formula is C13H17BrFNO2. The van der Waals surface area contributed by atoms with Gasteiger partial charge in [-0.05, 0) is 31.0 Å². The molecule has 0 fully saturated rings. The normalized spacial score (nSPS) is 10.4. The van der Waals surface area contributed by atoms with Crippen LogP contribution in [-0.2, 0) is 4.74 Å². The second-order valence-electron chi connectivity index (χ2n) is 3.87. The first kappa shape index (κ1) is 15.1. The molecule has 0 aromatic heterocycles. The molecule has 0 aliphatic carbocycles. The molecule has 18 heavy (non-hydrogen) atoms. The van der Waals surface area contributed by atoms with Crippen molar-refractivity contribution in [2.45, 2.75) is 13.3 Å². The number of benzene rings is 1. The maximum atomic E-state index is 13.0. The SMILES string of the molecule is Cc1ccc(F)cc1C(=O)NCCCOCCBr. The summed E-state index contributed by atoms with van der Waals surface area (Å²) < 4.78 is 18.3. The molecule has 0 saturated carbocycles. The summed E-state index contributed by atoms with van der Waals surface area (Å²) in [5.74, 6) is -0.640. The predicted octanol–water partition coefficient (Wildman–Crippen LogP) is 2.67. The minimum atomic E-state index is -0.397. The molecule has 100 valence electrons. The molecule has 0 bridgehead atoms. The van der Waals surface area contributed by atoms with Crippen LogP contribution in [0.25, 0.3) is 0 Å². The van der Waals surface area contributed by atoms with E-state index in [-0.39, 0.29) is 5.91 Å². The van der Waals surface area contributed by atoms with E-state index in [0.717, 1.165) is 17.3 Å². The van der Waals surface area contributed by atoms with Crippen LogP contribution in [0.3, 0.4) is 0 Å². The third kappa shape index (κ3) is 5.14. The summed E-state index contributed by atoms with van der Waals surface area (Å²) in [5.41, 5.74) is 1.15. The Labute approximate surface area is 115 Å². The van der Waals surface area contributed by atoms with Crippen LogP contribution in [0.5, 0.6) is 0 Å². The first-order valence-electron chi connectivity index (χ1n) is 5.83. The lowest BCUT2D eigenvalue weighted by Gasteiger charge is -2.08. The van der Waals surface area contributed by atoms with E-state index in [2.05, 4.69) is 21.2 Å². The summed E-state index contributed by atoms with van der Waals surface area (Å²) in [6, 6.07) is 4.20. The Morgan fingerprint density at radius 2 is 2.22 bits per heavy atom. The van der Waals surface area contributed by atoms with Gasteiger partial charge in [0.25, 0.3) is 5.91 Å². The Bertz CT molecular complexity index is 399. The maximum absolute atomic E-state index is 13.0. The molecule has 0 atom stereocenters. The predicted molar refractivity (Wildman–Crippen MR) is 72.7 cm³/mol. The summed E-state index contributed by atoms with van der Waals surface area (Å²) in [5, 5.41) is 3.55. The van der Waals surface area contributed by atoms with Gasteiger partial charge in [0, 0.05) is 24.0 Å². The van der Waals surface area contributed by atoms with E-state index in [1.165, 1.54) is 12.1 Å². The minimum absolute atomic E-state index is 0.243. The van der Waals surface area contributed by atoms with Gasteiger partial charge in [-0.25, -0.2) is 4.39 Å². The van der Waals surface area contributed by atoms with Crippen molar-refractivity contribution in [3.8, 4) is 0 Å². The van der Waals surface area contributed by atoms with Gasteiger partial charge in [0.1, 0.15) is 5.82 Å². The number of alkyl halides is 1. The van der Waals surface area contributed by atoms with Crippen molar-refractivity contribution in [2.24, 2.45) is 0 Å². The summed E-state index contributed by atoms with van der Waals surface area (Å²) in [4.78, 5) is 11.8. The fourth-order valence-electron chi connectivity index (χ4n) is 1.47. The van der Waals surface area contributed by atoms with E-state index < -0.39 is 5.82 Å². The van der Waals surface area contributed by atoms with Crippen molar-refractivity contribution in [1.82, 2.24) is 5.32 Å². The molecule has 1 N–H and O–H groups in total. The van der Waals surface area contributed by atoms with E-state index in [9.17, 15) is 9.18 Å². The lowest BCUT2D eigenvalue weighted by atomic mass is 10.1. The number of nitrogens with one attached hydrogen (secondary N) is 1. The molecular weight excluding hydrogens is 301 g/mol. The number of carbonyl (C=O) groups excluding carboxylic acids is 1. The van der Waals surface area contributed by atoms with Crippen LogP contribution in [0.2, 0.25) is 0 Å². The zero-order valence-electron chi connectivity index (χ0n) is 10.3. The number of hydrogen-bond acceptors (Lipinski definition) is 2. The third-order valence-electron chi connectivity index (χ3n) is 2.42. The van der Waals surface area contributed by atoms with Gasteiger partial charge in [0.15, 0.2) is 0 Å². The van der Waals surface area contributed by atoms with E-state index in [1.807, 2.05) is 0 Å². The Kier molecular flexibility index (Phi) is 6.90. The van der Waals surface area contributed by atoms with Crippen molar-refractivity contribution in [2.75, 3.05) is 25.1 Å². The number of hydrogen-bond donors (Lipinski definition) is 1. The molecule has 0 unspecified atom stereocenters. The van der Waals surface area contributed by atoms with Crippen LogP contribution in [0.4, 0.5) is 4.39 Å². The molecule has 0 saturated heterocycles. The van der Waals surface area contributed by atoms with Gasteiger partial charge >= 0.3 is 0 Å². The molecule has 1 aromatic carbocycles. The number of halogens is 2. The Balaban J connectivity index is 2.34. The Hall–Kier alpha value is -0.940. The summed E-state index contributed by atoms with van der Waals surface area (Å²) >= 11 is 3.26. The highest BCUT2D eigenvalue weighted by Crippen LogP contribution is 2.09. The lowest BCUT2D eigenvalue weighted by Crippen LogP contribution is -2.26. The molecule has 1 amide bonds. The summed E-state index contributed by atoms with van der Waals surface area (Å²) in [7, 11) is 0. The van der Waals surface area contributed by atoms with Crippen molar-refractivity contribution >= 4 is 21.8 Å². The molecule has 0 heterocycles. The Morgan fingerprint density at radius 3 is 2.94 bits per heavy atom. The number of amides is 1. The van der Waals surface area contributed by atoms with Gasteiger partial charge in [-0.1, -0.05) is 22.0 Å². The molecule has 0 aliphatic heterocycles. The van der Waals surface area contributed by atoms with Crippen molar-refractivity contribution in [3.05, 3.63) is 35.1 Å². The van der Waals surface area contributed by atoms with Crippen LogP contribution in [0.1, 0.15) is 22.3 Å². The highest BCUT2D eigenvalue weighted by atomic mass is 79.9. The molecule has 0 radical (unpaired) electrons. The smallest absolute Gasteiger partial charge is 0.251 e. The van der Waals surface area contributed by atoms with Gasteiger partial charge in [0.05, 0.1) is 6.61 Å². The van der Waals surface area contributed by atoms with Gasteiger partial charge in [0.2, 0.25) is 0 Å². The summed E-state index contributed by atoms with van der Waals surface area (Å²) in [6.45, 7) is 3.58. The molecule has 0 aliphatic rings. The topological polar surface area (TPSA) is 38.3 Å². The first-order chi connectivity index (χ1) is 8.65. The van der Waals surface area contributed by atoms with Crippen LogP contribution < -0.4 is 5.32 Å². The second-order valence-corrected chi connectivity index (χ2v) is 4.66. The number of carbonyl (C=O) groups is 1. The quantitative estimate of drug-likeness (QED) is 0.620. The fraction of sp³-hybridized carbons (Fsp3) is 0.462. The molecule has 1 rings (SSSR count). The van der Waals surface area contributed by atoms with E-state index in [0.29, 0.717) is 25.3 Å². The molecule has 1 aromatic rings. The molecule has 3 nitrogen and oxygen atoms in total. The van der Waals surface area contributed by atoms with Gasteiger partial charge in [-0.15, -0.1) is 0 Å². The maximum Gasteiger partial charge on any atom is 0.251 e. The highest BCUT2D eigenvalue weighted by Gasteiger charge is 2.09. The minimum Gasteiger partial charge on any atom is -0.381 e. The fourth-order valence-corrected chi connectivity index (χ4v) is 1.70. The first-order valence-corrected chi connectivity index (χ1v) is 6.95. The van der Waals surface area contributed by atoms with Gasteiger partial charge in [-0.3, -0.25) is 4.79 Å². The van der Waals surface area contributed by atoms with Crippen LogP contribution >= 0.6 is 15.9 Å². The van der Waals surface area contributed by atoms with Crippen LogP contribution in [0.15, 0.2) is 18.2 Å². The van der Waals surface area contributed by atoms with Crippen molar-refractivity contribution in [1.29, 1.82) is 0 Å². The highest BCUT2D eigenvalue weighted by molar-refractivity contribution is 9.09.